The molecule has 0 aliphatic rings. The fourth-order valence-electron chi connectivity index (χ4n) is 0.980. The zero-order valence-corrected chi connectivity index (χ0v) is 8.55. The molecule has 0 saturated carbocycles. The van der Waals surface area contributed by atoms with Crippen molar-refractivity contribution in [1.82, 2.24) is 0 Å². The molecule has 0 bridgehead atoms. The average Bonchev–Trinajstić information content (AvgIpc) is 2.02. The maximum absolute atomic E-state index is 11.1. The number of nitrogens with zero attached hydrogens (tertiary/aromatic N) is 1. The summed E-state index contributed by atoms with van der Waals surface area (Å²) < 4.78 is 0. The molecule has 0 amide bonds. The minimum Gasteiger partial charge on any atom is -0.299 e. The molecule has 2 nitrogen and oxygen atoms in total. The number of Topliss-reactive ketones (excluding diaryl/α,β-unsaturated/α-hetero) is 1. The van der Waals surface area contributed by atoms with Crippen molar-refractivity contribution in [3.63, 3.8) is 0 Å². The van der Waals surface area contributed by atoms with Crippen LogP contribution in [0.5, 0.6) is 0 Å². The second kappa shape index (κ2) is 5.92. The van der Waals surface area contributed by atoms with Crippen molar-refractivity contribution in [2.45, 2.75) is 53.0 Å². The number of ketones is 1. The van der Waals surface area contributed by atoms with Gasteiger partial charge in [-0.05, 0) is 20.3 Å². The molecule has 0 N–H and O–H groups in total. The molecule has 70 valence electrons. The molecular weight excluding hydrogens is 150 g/mol. The molecule has 0 saturated heterocycles. The Morgan fingerprint density at radius 3 is 2.17 bits per heavy atom. The first-order chi connectivity index (χ1) is 5.60. The van der Waals surface area contributed by atoms with Crippen molar-refractivity contribution in [1.29, 1.82) is 0 Å². The summed E-state index contributed by atoms with van der Waals surface area (Å²) in [7, 11) is 0. The summed E-state index contributed by atoms with van der Waals surface area (Å²) in [6, 6.07) is 0.310. The van der Waals surface area contributed by atoms with Gasteiger partial charge < -0.3 is 0 Å². The molecule has 0 fully saturated rings. The SMILES string of the molecule is CCC(=O)CC(CC)=NC(C)C. The van der Waals surface area contributed by atoms with Crippen LogP contribution in [0.4, 0.5) is 0 Å². The lowest BCUT2D eigenvalue weighted by Crippen LogP contribution is -2.08. The van der Waals surface area contributed by atoms with E-state index in [1.807, 2.05) is 27.7 Å². The predicted molar refractivity (Wildman–Crippen MR) is 52.8 cm³/mol. The molecular formula is C10H19NO. The molecule has 0 aromatic carbocycles. The molecule has 0 aromatic rings. The summed E-state index contributed by atoms with van der Waals surface area (Å²) in [6.45, 7) is 8.01. The van der Waals surface area contributed by atoms with E-state index in [0.29, 0.717) is 18.9 Å². The van der Waals surface area contributed by atoms with Gasteiger partial charge in [0.1, 0.15) is 5.78 Å². The average molecular weight is 169 g/mol. The fourth-order valence-corrected chi connectivity index (χ4v) is 0.980. The van der Waals surface area contributed by atoms with Gasteiger partial charge in [0.2, 0.25) is 0 Å². The van der Waals surface area contributed by atoms with Crippen molar-refractivity contribution >= 4 is 11.5 Å². The monoisotopic (exact) mass is 169 g/mol. The maximum Gasteiger partial charge on any atom is 0.138 e. The van der Waals surface area contributed by atoms with E-state index in [1.165, 1.54) is 0 Å². The number of carbonyl (C=O) groups excluding carboxylic acids is 1. The van der Waals surface area contributed by atoms with E-state index in [0.717, 1.165) is 12.1 Å². The Morgan fingerprint density at radius 1 is 1.25 bits per heavy atom. The Kier molecular flexibility index (Phi) is 5.60. The van der Waals surface area contributed by atoms with Gasteiger partial charge >= 0.3 is 0 Å². The van der Waals surface area contributed by atoms with Gasteiger partial charge in [-0.3, -0.25) is 9.79 Å². The van der Waals surface area contributed by atoms with Gasteiger partial charge in [-0.25, -0.2) is 0 Å². The summed E-state index contributed by atoms with van der Waals surface area (Å²) >= 11 is 0. The molecule has 0 rings (SSSR count). The summed E-state index contributed by atoms with van der Waals surface area (Å²) in [5.41, 5.74) is 1.04. The largest absolute Gasteiger partial charge is 0.299 e. The number of aliphatic imine (C=N–C) groups is 1. The first-order valence-electron chi connectivity index (χ1n) is 4.67. The van der Waals surface area contributed by atoms with Gasteiger partial charge in [0, 0.05) is 24.6 Å². The van der Waals surface area contributed by atoms with Gasteiger partial charge in [0.15, 0.2) is 0 Å². The quantitative estimate of drug-likeness (QED) is 0.582. The lowest BCUT2D eigenvalue weighted by atomic mass is 10.1. The summed E-state index contributed by atoms with van der Waals surface area (Å²) in [5.74, 6) is 0.288. The molecule has 0 aliphatic carbocycles. The molecule has 12 heavy (non-hydrogen) atoms. The first kappa shape index (κ1) is 11.3. The summed E-state index contributed by atoms with van der Waals surface area (Å²) in [6.07, 6.45) is 2.06. The van der Waals surface area contributed by atoms with Crippen LogP contribution < -0.4 is 0 Å². The Bertz CT molecular complexity index is 171. The predicted octanol–water partition coefficient (Wildman–Crippen LogP) is 2.62. The molecule has 2 heteroatoms. The van der Waals surface area contributed by atoms with E-state index in [9.17, 15) is 4.79 Å². The normalized spacial score (nSPS) is 12.2. The zero-order chi connectivity index (χ0) is 9.56. The number of carbonyl (C=O) groups is 1. The van der Waals surface area contributed by atoms with Gasteiger partial charge in [0.25, 0.3) is 0 Å². The molecule has 0 atom stereocenters. The maximum atomic E-state index is 11.1. The summed E-state index contributed by atoms with van der Waals surface area (Å²) in [4.78, 5) is 15.5. The highest BCUT2D eigenvalue weighted by Gasteiger charge is 2.03. The van der Waals surface area contributed by atoms with Gasteiger partial charge in [-0.2, -0.15) is 0 Å². The number of hydrogen-bond acceptors (Lipinski definition) is 2. The van der Waals surface area contributed by atoms with Crippen molar-refractivity contribution in [2.24, 2.45) is 4.99 Å². The summed E-state index contributed by atoms with van der Waals surface area (Å²) in [5, 5.41) is 0. The third-order valence-electron chi connectivity index (χ3n) is 1.64. The van der Waals surface area contributed by atoms with E-state index in [4.69, 9.17) is 0 Å². The third kappa shape index (κ3) is 5.05. The minimum atomic E-state index is 0.288. The lowest BCUT2D eigenvalue weighted by molar-refractivity contribution is -0.117. The highest BCUT2D eigenvalue weighted by Crippen LogP contribution is 2.00. The minimum absolute atomic E-state index is 0.288. The second-order valence-corrected chi connectivity index (χ2v) is 3.21. The van der Waals surface area contributed by atoms with Gasteiger partial charge in [-0.15, -0.1) is 0 Å². The highest BCUT2D eigenvalue weighted by atomic mass is 16.1. The molecule has 0 unspecified atom stereocenters. The van der Waals surface area contributed by atoms with E-state index < -0.39 is 0 Å². The van der Waals surface area contributed by atoms with Crippen molar-refractivity contribution in [3.05, 3.63) is 0 Å². The van der Waals surface area contributed by atoms with Crippen LogP contribution in [0.25, 0.3) is 0 Å². The van der Waals surface area contributed by atoms with Gasteiger partial charge in [-0.1, -0.05) is 13.8 Å². The van der Waals surface area contributed by atoms with Crippen LogP contribution in [0.1, 0.15) is 47.0 Å². The van der Waals surface area contributed by atoms with Crippen LogP contribution in [-0.2, 0) is 4.79 Å². The molecule has 0 heterocycles. The Hall–Kier alpha value is -0.660. The van der Waals surface area contributed by atoms with Crippen LogP contribution in [0.3, 0.4) is 0 Å². The van der Waals surface area contributed by atoms with Gasteiger partial charge in [0.05, 0.1) is 0 Å². The second-order valence-electron chi connectivity index (χ2n) is 3.21. The number of hydrogen-bond donors (Lipinski definition) is 0. The van der Waals surface area contributed by atoms with Crippen LogP contribution >= 0.6 is 0 Å². The van der Waals surface area contributed by atoms with E-state index in [2.05, 4.69) is 4.99 Å². The Balaban J connectivity index is 4.08. The smallest absolute Gasteiger partial charge is 0.138 e. The van der Waals surface area contributed by atoms with Crippen molar-refractivity contribution in [3.8, 4) is 0 Å². The molecule has 0 spiro atoms. The zero-order valence-electron chi connectivity index (χ0n) is 8.55. The standard InChI is InChI=1S/C10H19NO/c1-5-9(11-8(3)4)7-10(12)6-2/h8H,5-7H2,1-4H3. The first-order valence-corrected chi connectivity index (χ1v) is 4.67. The molecule has 0 aromatic heterocycles. The van der Waals surface area contributed by atoms with Crippen molar-refractivity contribution in [2.75, 3.05) is 0 Å². The van der Waals surface area contributed by atoms with E-state index >= 15 is 0 Å². The number of rotatable bonds is 5. The fraction of sp³-hybridized carbons (Fsp3) is 0.800. The van der Waals surface area contributed by atoms with Crippen LogP contribution in [-0.4, -0.2) is 17.5 Å². The lowest BCUT2D eigenvalue weighted by Gasteiger charge is -2.04. The Labute approximate surface area is 75.1 Å². The molecule has 0 radical (unpaired) electrons. The van der Waals surface area contributed by atoms with Crippen LogP contribution in [0.2, 0.25) is 0 Å². The molecule has 0 aliphatic heterocycles. The Morgan fingerprint density at radius 2 is 1.83 bits per heavy atom. The third-order valence-corrected chi connectivity index (χ3v) is 1.64. The van der Waals surface area contributed by atoms with E-state index in [1.54, 1.807) is 0 Å². The topological polar surface area (TPSA) is 29.4 Å². The van der Waals surface area contributed by atoms with Crippen molar-refractivity contribution < 1.29 is 4.79 Å². The van der Waals surface area contributed by atoms with Crippen LogP contribution in [0.15, 0.2) is 4.99 Å². The van der Waals surface area contributed by atoms with E-state index in [-0.39, 0.29) is 5.78 Å². The van der Waals surface area contributed by atoms with Crippen LogP contribution in [0, 0.1) is 0 Å². The highest BCUT2D eigenvalue weighted by molar-refractivity contribution is 6.01.